The lowest BCUT2D eigenvalue weighted by Gasteiger charge is -2.97. The third-order valence-corrected chi connectivity index (χ3v) is 13.2. The summed E-state index contributed by atoms with van der Waals surface area (Å²) in [5.74, 6) is -4.84. The van der Waals surface area contributed by atoms with Gasteiger partial charge in [-0.15, -0.1) is 0 Å². The molecule has 6 fully saturated rings. The zero-order chi connectivity index (χ0) is 31.4. The number of aliphatic hydroxyl groups excluding tert-OH is 4. The number of methoxy groups -OCH3 is 4. The standard InChI is InChI=1S/C34H40O10/c1-41-19-9-5-17(6-10-19)23-31(13-35)25-21(29(39)43-3)26-32(23,14-36)28-22(30(40)44-4)27(31)33(25,15-37)24(34(26,28)16-38)18-7-11-20(42-2)12-8-18/h5-12,21-28,35-38H,13-16H2,1-4H3. The molecule has 0 spiro atoms. The summed E-state index contributed by atoms with van der Waals surface area (Å²) in [5.41, 5.74) is -2.66. The third kappa shape index (κ3) is 2.80. The Kier molecular flexibility index (Phi) is 6.48. The largest absolute Gasteiger partial charge is 0.497 e. The van der Waals surface area contributed by atoms with Crippen molar-refractivity contribution >= 4 is 11.9 Å². The fourth-order valence-electron chi connectivity index (χ4n) is 12.9. The van der Waals surface area contributed by atoms with E-state index in [4.69, 9.17) is 18.9 Å². The van der Waals surface area contributed by atoms with Crippen molar-refractivity contribution in [2.75, 3.05) is 54.9 Å². The molecule has 0 amide bonds. The van der Waals surface area contributed by atoms with Crippen molar-refractivity contribution in [2.45, 2.75) is 11.8 Å². The van der Waals surface area contributed by atoms with E-state index in [0.717, 1.165) is 11.1 Å². The van der Waals surface area contributed by atoms with E-state index in [9.17, 15) is 30.0 Å². The molecule has 10 nitrogen and oxygen atoms in total. The van der Waals surface area contributed by atoms with Gasteiger partial charge in [-0.1, -0.05) is 24.3 Å². The molecule has 8 rings (SSSR count). The van der Waals surface area contributed by atoms with Gasteiger partial charge in [0.15, 0.2) is 0 Å². The normalized spacial score (nSPS) is 43.5. The molecule has 6 saturated carbocycles. The number of hydrogen-bond acceptors (Lipinski definition) is 10. The molecule has 6 aliphatic rings. The smallest absolute Gasteiger partial charge is 0.309 e. The number of esters is 2. The van der Waals surface area contributed by atoms with Gasteiger partial charge in [-0.2, -0.15) is 0 Å². The van der Waals surface area contributed by atoms with Crippen molar-refractivity contribution in [3.8, 4) is 11.5 Å². The summed E-state index contributed by atoms with van der Waals surface area (Å²) in [6, 6.07) is 15.0. The first-order valence-corrected chi connectivity index (χ1v) is 15.1. The SMILES string of the molecule is COC(=O)C1C2C3(CO)C(c4ccc(OC)cc4)C4(CO)C1C1(CO)C(c5ccc(OC)cc5)C2(CO)C3C(C(=O)OC)C41. The maximum atomic E-state index is 13.9. The maximum Gasteiger partial charge on any atom is 0.309 e. The first-order valence-electron chi connectivity index (χ1n) is 15.1. The summed E-state index contributed by atoms with van der Waals surface area (Å²) in [6.07, 6.45) is 0. The Morgan fingerprint density at radius 3 is 1.02 bits per heavy atom. The predicted molar refractivity (Wildman–Crippen MR) is 155 cm³/mol. The average molecular weight is 609 g/mol. The predicted octanol–water partition coefficient (Wildman–Crippen LogP) is 1.60. The minimum absolute atomic E-state index is 0.385. The Hall–Kier alpha value is -3.18. The molecule has 2 aromatic rings. The Morgan fingerprint density at radius 2 is 0.818 bits per heavy atom. The van der Waals surface area contributed by atoms with Gasteiger partial charge >= 0.3 is 11.9 Å². The fraction of sp³-hybridized carbons (Fsp3) is 0.588. The van der Waals surface area contributed by atoms with E-state index < -0.39 is 80.9 Å². The van der Waals surface area contributed by atoms with Gasteiger partial charge in [-0.25, -0.2) is 0 Å². The quantitative estimate of drug-likeness (QED) is 0.293. The third-order valence-electron chi connectivity index (χ3n) is 13.2. The molecule has 0 atom stereocenters. The number of carbonyl (C=O) groups excluding carboxylic acids is 2. The molecule has 44 heavy (non-hydrogen) atoms. The minimum atomic E-state index is -1.09. The molecule has 10 heteroatoms. The van der Waals surface area contributed by atoms with Crippen molar-refractivity contribution in [3.63, 3.8) is 0 Å². The second-order valence-corrected chi connectivity index (χ2v) is 13.5. The van der Waals surface area contributed by atoms with E-state index in [1.807, 2.05) is 48.5 Å². The summed E-state index contributed by atoms with van der Waals surface area (Å²) in [6.45, 7) is -1.54. The van der Waals surface area contributed by atoms with E-state index in [0.29, 0.717) is 11.5 Å². The highest BCUT2D eigenvalue weighted by atomic mass is 16.5. The van der Waals surface area contributed by atoms with Crippen LogP contribution in [0.3, 0.4) is 0 Å². The highest BCUT2D eigenvalue weighted by Gasteiger charge is 3.00. The molecule has 0 aliphatic heterocycles. The molecule has 0 radical (unpaired) electrons. The number of rotatable bonds is 10. The number of ether oxygens (including phenoxy) is 4. The van der Waals surface area contributed by atoms with Crippen LogP contribution in [0.5, 0.6) is 11.5 Å². The van der Waals surface area contributed by atoms with Crippen LogP contribution in [-0.4, -0.2) is 87.2 Å². The number of benzene rings is 2. The van der Waals surface area contributed by atoms with Crippen LogP contribution >= 0.6 is 0 Å². The number of hydrogen-bond donors (Lipinski definition) is 4. The van der Waals surface area contributed by atoms with Gasteiger partial charge in [-0.05, 0) is 59.1 Å². The Labute approximate surface area is 255 Å². The van der Waals surface area contributed by atoms with Crippen molar-refractivity contribution in [1.29, 1.82) is 0 Å². The van der Waals surface area contributed by atoms with Crippen LogP contribution in [0.15, 0.2) is 48.5 Å². The van der Waals surface area contributed by atoms with Gasteiger partial charge < -0.3 is 39.4 Å². The van der Waals surface area contributed by atoms with Crippen LogP contribution in [0.4, 0.5) is 0 Å². The summed E-state index contributed by atoms with van der Waals surface area (Å²) in [7, 11) is 5.78. The second-order valence-electron chi connectivity index (χ2n) is 13.5. The van der Waals surface area contributed by atoms with Crippen LogP contribution in [0.2, 0.25) is 0 Å². The summed E-state index contributed by atoms with van der Waals surface area (Å²) < 4.78 is 21.7. The van der Waals surface area contributed by atoms with Gasteiger partial charge in [0.2, 0.25) is 0 Å². The summed E-state index contributed by atoms with van der Waals surface area (Å²) in [5, 5.41) is 46.5. The van der Waals surface area contributed by atoms with Crippen molar-refractivity contribution in [1.82, 2.24) is 0 Å². The molecule has 6 aliphatic carbocycles. The maximum absolute atomic E-state index is 13.9. The molecule has 2 aromatic carbocycles. The average Bonchev–Trinajstić information content (AvgIpc) is 3.05. The molecular weight excluding hydrogens is 568 g/mol. The van der Waals surface area contributed by atoms with Crippen molar-refractivity contribution in [2.24, 2.45) is 57.2 Å². The van der Waals surface area contributed by atoms with Crippen LogP contribution in [-0.2, 0) is 19.1 Å². The van der Waals surface area contributed by atoms with Crippen LogP contribution < -0.4 is 9.47 Å². The van der Waals surface area contributed by atoms with E-state index in [1.54, 1.807) is 14.2 Å². The lowest BCUT2D eigenvalue weighted by molar-refractivity contribution is -0.503. The van der Waals surface area contributed by atoms with Crippen LogP contribution in [0, 0.1) is 57.2 Å². The van der Waals surface area contributed by atoms with Gasteiger partial charge in [0.05, 0.1) is 40.3 Å². The molecule has 236 valence electrons. The summed E-state index contributed by atoms with van der Waals surface area (Å²) in [4.78, 5) is 27.8. The lowest BCUT2D eigenvalue weighted by atomic mass is 9.05. The number of aliphatic hydroxyl groups is 4. The highest BCUT2D eigenvalue weighted by Crippen LogP contribution is 3.00. The molecule has 4 N–H and O–H groups in total. The lowest BCUT2D eigenvalue weighted by Crippen LogP contribution is -2.98. The molecule has 8 bridgehead atoms. The molecule has 0 unspecified atom stereocenters. The zero-order valence-corrected chi connectivity index (χ0v) is 25.3. The van der Waals surface area contributed by atoms with Gasteiger partial charge in [0, 0.05) is 59.9 Å². The summed E-state index contributed by atoms with van der Waals surface area (Å²) >= 11 is 0. The van der Waals surface area contributed by atoms with Gasteiger partial charge in [0.1, 0.15) is 11.5 Å². The highest BCUT2D eigenvalue weighted by molar-refractivity contribution is 5.81. The fourth-order valence-corrected chi connectivity index (χ4v) is 12.9. The second kappa shape index (κ2) is 9.66. The van der Waals surface area contributed by atoms with E-state index in [1.165, 1.54) is 14.2 Å². The first-order chi connectivity index (χ1) is 21.3. The monoisotopic (exact) mass is 608 g/mol. The molecular formula is C34H40O10. The number of carbonyl (C=O) groups is 2. The van der Waals surface area contributed by atoms with Crippen LogP contribution in [0.25, 0.3) is 0 Å². The molecule has 0 heterocycles. The van der Waals surface area contributed by atoms with Gasteiger partial charge in [0.25, 0.3) is 0 Å². The van der Waals surface area contributed by atoms with E-state index in [-0.39, 0.29) is 26.4 Å². The Balaban J connectivity index is 1.59. The van der Waals surface area contributed by atoms with Gasteiger partial charge in [-0.3, -0.25) is 9.59 Å². The van der Waals surface area contributed by atoms with E-state index >= 15 is 0 Å². The molecule has 0 aromatic heterocycles. The Morgan fingerprint density at radius 1 is 0.545 bits per heavy atom. The first kappa shape index (κ1) is 29.5. The minimum Gasteiger partial charge on any atom is -0.497 e. The molecule has 0 saturated heterocycles. The van der Waals surface area contributed by atoms with Crippen molar-refractivity contribution < 1.29 is 49.0 Å². The topological polar surface area (TPSA) is 152 Å². The van der Waals surface area contributed by atoms with E-state index in [2.05, 4.69) is 0 Å². The zero-order valence-electron chi connectivity index (χ0n) is 25.3. The van der Waals surface area contributed by atoms with Crippen molar-refractivity contribution in [3.05, 3.63) is 59.7 Å². The van der Waals surface area contributed by atoms with Crippen LogP contribution in [0.1, 0.15) is 23.0 Å². The Bertz CT molecular complexity index is 1290.